The Bertz CT molecular complexity index is 548. The van der Waals surface area contributed by atoms with Gasteiger partial charge < -0.3 is 15.0 Å². The van der Waals surface area contributed by atoms with E-state index in [9.17, 15) is 9.59 Å². The van der Waals surface area contributed by atoms with Gasteiger partial charge in [0.1, 0.15) is 5.75 Å². The van der Waals surface area contributed by atoms with Crippen molar-refractivity contribution in [3.05, 3.63) is 28.8 Å². The van der Waals surface area contributed by atoms with Crippen LogP contribution in [-0.2, 0) is 4.79 Å². The summed E-state index contributed by atoms with van der Waals surface area (Å²) in [5.74, 6) is 0.165. The Morgan fingerprint density at radius 1 is 1.43 bits per heavy atom. The molecule has 1 aromatic carbocycles. The standard InChI is InChI=1S/C15H19ClN2O3/c1-17-14(19)10-4-3-7-18(9-10)15(20)12-8-11(16)5-6-13(12)21-2/h5-6,8,10H,3-4,7,9H2,1-2H3,(H,17,19)/t10-/m0/s1. The molecule has 2 amide bonds. The smallest absolute Gasteiger partial charge is 0.257 e. The first kappa shape index (κ1) is 15.6. The maximum atomic E-state index is 12.6. The van der Waals surface area contributed by atoms with E-state index in [0.717, 1.165) is 12.8 Å². The molecule has 1 aromatic rings. The summed E-state index contributed by atoms with van der Waals surface area (Å²) >= 11 is 5.97. The van der Waals surface area contributed by atoms with Gasteiger partial charge in [0, 0.05) is 25.2 Å². The monoisotopic (exact) mass is 310 g/mol. The molecule has 21 heavy (non-hydrogen) atoms. The fourth-order valence-corrected chi connectivity index (χ4v) is 2.77. The van der Waals surface area contributed by atoms with E-state index in [2.05, 4.69) is 5.32 Å². The molecule has 0 bridgehead atoms. The summed E-state index contributed by atoms with van der Waals surface area (Å²) in [5.41, 5.74) is 0.433. The number of methoxy groups -OCH3 is 1. The van der Waals surface area contributed by atoms with E-state index in [4.69, 9.17) is 16.3 Å². The average molecular weight is 311 g/mol. The number of benzene rings is 1. The van der Waals surface area contributed by atoms with Gasteiger partial charge in [-0.2, -0.15) is 0 Å². The Morgan fingerprint density at radius 3 is 2.86 bits per heavy atom. The number of rotatable bonds is 3. The van der Waals surface area contributed by atoms with Crippen LogP contribution in [0.25, 0.3) is 0 Å². The van der Waals surface area contributed by atoms with Crippen molar-refractivity contribution in [1.29, 1.82) is 0 Å². The molecule has 0 saturated carbocycles. The molecule has 1 fully saturated rings. The number of piperidine rings is 1. The van der Waals surface area contributed by atoms with Gasteiger partial charge in [0.05, 0.1) is 18.6 Å². The number of nitrogens with zero attached hydrogens (tertiary/aromatic N) is 1. The molecular weight excluding hydrogens is 292 g/mol. The molecule has 0 radical (unpaired) electrons. The lowest BCUT2D eigenvalue weighted by atomic mass is 9.96. The van der Waals surface area contributed by atoms with Crippen molar-refractivity contribution < 1.29 is 14.3 Å². The van der Waals surface area contributed by atoms with Gasteiger partial charge in [0.2, 0.25) is 5.91 Å². The normalized spacial score (nSPS) is 18.2. The number of nitrogens with one attached hydrogen (secondary N) is 1. The summed E-state index contributed by atoms with van der Waals surface area (Å²) in [4.78, 5) is 26.1. The van der Waals surface area contributed by atoms with E-state index in [1.807, 2.05) is 0 Å². The SMILES string of the molecule is CNC(=O)[C@H]1CCCN(C(=O)c2cc(Cl)ccc2OC)C1. The van der Waals surface area contributed by atoms with E-state index in [1.165, 1.54) is 7.11 Å². The van der Waals surface area contributed by atoms with Crippen molar-refractivity contribution in [2.75, 3.05) is 27.2 Å². The largest absolute Gasteiger partial charge is 0.496 e. The van der Waals surface area contributed by atoms with Crippen LogP contribution in [0, 0.1) is 5.92 Å². The van der Waals surface area contributed by atoms with E-state index < -0.39 is 0 Å². The number of halogens is 1. The highest BCUT2D eigenvalue weighted by Gasteiger charge is 2.29. The van der Waals surface area contributed by atoms with Gasteiger partial charge in [-0.25, -0.2) is 0 Å². The fraction of sp³-hybridized carbons (Fsp3) is 0.467. The number of hydrogen-bond acceptors (Lipinski definition) is 3. The second kappa shape index (κ2) is 6.80. The van der Waals surface area contributed by atoms with Crippen molar-refractivity contribution in [3.8, 4) is 5.75 Å². The van der Waals surface area contributed by atoms with Crippen molar-refractivity contribution in [3.63, 3.8) is 0 Å². The summed E-state index contributed by atoms with van der Waals surface area (Å²) in [6.07, 6.45) is 1.61. The maximum absolute atomic E-state index is 12.6. The molecule has 0 spiro atoms. The topological polar surface area (TPSA) is 58.6 Å². The van der Waals surface area contributed by atoms with Crippen LogP contribution in [0.15, 0.2) is 18.2 Å². The van der Waals surface area contributed by atoms with Crippen LogP contribution in [0.5, 0.6) is 5.75 Å². The molecule has 0 aliphatic carbocycles. The molecule has 1 aliphatic rings. The van der Waals surface area contributed by atoms with Crippen LogP contribution < -0.4 is 10.1 Å². The quantitative estimate of drug-likeness (QED) is 0.928. The second-order valence-electron chi connectivity index (χ2n) is 5.05. The van der Waals surface area contributed by atoms with Gasteiger partial charge in [-0.3, -0.25) is 9.59 Å². The lowest BCUT2D eigenvalue weighted by molar-refractivity contribution is -0.125. The molecular formula is C15H19ClN2O3. The Kier molecular flexibility index (Phi) is 5.07. The van der Waals surface area contributed by atoms with Crippen molar-refractivity contribution >= 4 is 23.4 Å². The van der Waals surface area contributed by atoms with Crippen molar-refractivity contribution in [2.24, 2.45) is 5.92 Å². The van der Waals surface area contributed by atoms with E-state index in [0.29, 0.717) is 29.4 Å². The first-order chi connectivity index (χ1) is 10.1. The summed E-state index contributed by atoms with van der Waals surface area (Å²) in [7, 11) is 3.13. The second-order valence-corrected chi connectivity index (χ2v) is 5.49. The Morgan fingerprint density at radius 2 is 2.19 bits per heavy atom. The zero-order valence-electron chi connectivity index (χ0n) is 12.2. The molecule has 1 atom stereocenters. The minimum atomic E-state index is -0.155. The zero-order valence-corrected chi connectivity index (χ0v) is 12.9. The minimum absolute atomic E-state index is 0.0226. The molecule has 5 nitrogen and oxygen atoms in total. The van der Waals surface area contributed by atoms with Crippen LogP contribution in [0.3, 0.4) is 0 Å². The van der Waals surface area contributed by atoms with E-state index >= 15 is 0 Å². The maximum Gasteiger partial charge on any atom is 0.257 e. The molecule has 1 heterocycles. The molecule has 2 rings (SSSR count). The van der Waals surface area contributed by atoms with Crippen LogP contribution in [0.2, 0.25) is 5.02 Å². The third-order valence-electron chi connectivity index (χ3n) is 3.72. The summed E-state index contributed by atoms with van der Waals surface area (Å²) in [6, 6.07) is 4.96. The number of carbonyl (C=O) groups is 2. The Labute approximate surface area is 129 Å². The molecule has 1 saturated heterocycles. The van der Waals surface area contributed by atoms with Gasteiger partial charge in [0.15, 0.2) is 0 Å². The fourth-order valence-electron chi connectivity index (χ4n) is 2.60. The van der Waals surface area contributed by atoms with E-state index in [1.54, 1.807) is 30.1 Å². The third kappa shape index (κ3) is 3.47. The van der Waals surface area contributed by atoms with Gasteiger partial charge >= 0.3 is 0 Å². The van der Waals surface area contributed by atoms with Crippen LogP contribution >= 0.6 is 11.6 Å². The minimum Gasteiger partial charge on any atom is -0.496 e. The van der Waals surface area contributed by atoms with Crippen LogP contribution in [-0.4, -0.2) is 44.0 Å². The molecule has 0 aromatic heterocycles. The third-order valence-corrected chi connectivity index (χ3v) is 3.95. The highest BCUT2D eigenvalue weighted by atomic mass is 35.5. The number of likely N-dealkylation sites (tertiary alicyclic amines) is 1. The average Bonchev–Trinajstić information content (AvgIpc) is 2.53. The first-order valence-electron chi connectivity index (χ1n) is 6.91. The highest BCUT2D eigenvalue weighted by molar-refractivity contribution is 6.31. The zero-order chi connectivity index (χ0) is 15.4. The Balaban J connectivity index is 2.19. The van der Waals surface area contributed by atoms with Crippen LogP contribution in [0.1, 0.15) is 23.2 Å². The highest BCUT2D eigenvalue weighted by Crippen LogP contribution is 2.26. The predicted octanol–water partition coefficient (Wildman–Crippen LogP) is 1.95. The molecule has 1 N–H and O–H groups in total. The predicted molar refractivity (Wildman–Crippen MR) is 80.7 cm³/mol. The first-order valence-corrected chi connectivity index (χ1v) is 7.29. The Hall–Kier alpha value is -1.75. The van der Waals surface area contributed by atoms with Crippen molar-refractivity contribution in [2.45, 2.75) is 12.8 Å². The van der Waals surface area contributed by atoms with Crippen LogP contribution in [0.4, 0.5) is 0 Å². The number of hydrogen-bond donors (Lipinski definition) is 1. The number of ether oxygens (including phenoxy) is 1. The van der Waals surface area contributed by atoms with Crippen molar-refractivity contribution in [1.82, 2.24) is 10.2 Å². The van der Waals surface area contributed by atoms with Gasteiger partial charge in [0.25, 0.3) is 5.91 Å². The lowest BCUT2D eigenvalue weighted by Gasteiger charge is -2.32. The molecule has 6 heteroatoms. The molecule has 0 unspecified atom stereocenters. The van der Waals surface area contributed by atoms with Gasteiger partial charge in [-0.05, 0) is 31.0 Å². The molecule has 1 aliphatic heterocycles. The molecule has 114 valence electrons. The summed E-state index contributed by atoms with van der Waals surface area (Å²) in [6.45, 7) is 1.07. The van der Waals surface area contributed by atoms with Gasteiger partial charge in [-0.1, -0.05) is 11.6 Å². The lowest BCUT2D eigenvalue weighted by Crippen LogP contribution is -2.44. The van der Waals surface area contributed by atoms with E-state index in [-0.39, 0.29) is 17.7 Å². The number of carbonyl (C=O) groups excluding carboxylic acids is 2. The number of amides is 2. The summed E-state index contributed by atoms with van der Waals surface area (Å²) < 4.78 is 5.22. The summed E-state index contributed by atoms with van der Waals surface area (Å²) in [5, 5.41) is 3.13. The van der Waals surface area contributed by atoms with Gasteiger partial charge in [-0.15, -0.1) is 0 Å².